The average Bonchev–Trinajstić information content (AvgIpc) is 3.83. The number of nitrogens with one attached hydrogen (secondary N) is 3. The minimum absolute atomic E-state index is 0.0350. The predicted molar refractivity (Wildman–Crippen MR) is 170 cm³/mol. The third kappa shape index (κ3) is 6.13. The number of likely N-dealkylation sites (tertiary alicyclic amines) is 1. The fourth-order valence-electron chi connectivity index (χ4n) is 6.22. The second-order valence-corrected chi connectivity index (χ2v) is 11.6. The van der Waals surface area contributed by atoms with Crippen molar-refractivity contribution >= 4 is 46.0 Å². The zero-order valence-corrected chi connectivity index (χ0v) is 25.1. The highest BCUT2D eigenvalue weighted by Gasteiger charge is 2.57. The Morgan fingerprint density at radius 1 is 0.915 bits per heavy atom. The van der Waals surface area contributed by atoms with Crippen molar-refractivity contribution in [3.05, 3.63) is 90.3 Å². The Bertz CT molecular complexity index is 1810. The first-order chi connectivity index (χ1) is 22.9. The molecular formula is C33H33N7O7. The molecule has 6 unspecified atom stereocenters. The van der Waals surface area contributed by atoms with Crippen LogP contribution in [0, 0.1) is 0 Å². The van der Waals surface area contributed by atoms with Gasteiger partial charge in [-0.15, -0.1) is 0 Å². The number of nitrogen functional groups attached to an aromatic ring is 1. The van der Waals surface area contributed by atoms with Crippen LogP contribution in [-0.4, -0.2) is 75.0 Å². The Hall–Kier alpha value is -5.31. The monoisotopic (exact) mass is 639 g/mol. The molecule has 7 rings (SSSR count). The fourth-order valence-corrected chi connectivity index (χ4v) is 6.22. The van der Waals surface area contributed by atoms with Gasteiger partial charge in [-0.3, -0.25) is 10.1 Å². The normalized spacial score (nSPS) is 25.0. The van der Waals surface area contributed by atoms with Crippen molar-refractivity contribution in [3.63, 3.8) is 0 Å². The maximum atomic E-state index is 13.8. The number of carboxylic acid groups (broad SMARTS) is 1. The Kier molecular flexibility index (Phi) is 8.28. The number of nitrogens with two attached hydrogens (primary N) is 1. The zero-order chi connectivity index (χ0) is 32.5. The second kappa shape index (κ2) is 12.8. The summed E-state index contributed by atoms with van der Waals surface area (Å²) in [4.78, 5) is 48.0. The van der Waals surface area contributed by atoms with Gasteiger partial charge in [0.25, 0.3) is 5.91 Å². The zero-order valence-electron chi connectivity index (χ0n) is 25.1. The molecule has 47 heavy (non-hydrogen) atoms. The molecule has 0 bridgehead atoms. The Morgan fingerprint density at radius 2 is 1.66 bits per heavy atom. The number of urea groups is 1. The SMILES string of the molecule is Nc1c(NC(=O)NCc2ccccc2)ncnc1NC1OC(C(=O)N2CCCC2C(=O)O)C2OC(c3ccc4ccccc4c3)OC12. The molecule has 242 valence electrons. The van der Waals surface area contributed by atoms with Crippen LogP contribution in [0.5, 0.6) is 0 Å². The smallest absolute Gasteiger partial charge is 0.326 e. The lowest BCUT2D eigenvalue weighted by atomic mass is 10.1. The molecule has 6 atom stereocenters. The molecule has 14 heteroatoms. The van der Waals surface area contributed by atoms with Gasteiger partial charge < -0.3 is 40.6 Å². The number of carbonyl (C=O) groups excluding carboxylic acids is 2. The van der Waals surface area contributed by atoms with E-state index in [2.05, 4.69) is 25.9 Å². The van der Waals surface area contributed by atoms with Crippen LogP contribution in [0.4, 0.5) is 22.1 Å². The van der Waals surface area contributed by atoms with Gasteiger partial charge in [0.15, 0.2) is 30.3 Å². The number of carbonyl (C=O) groups is 3. The van der Waals surface area contributed by atoms with Crippen LogP contribution in [0.2, 0.25) is 0 Å². The Morgan fingerprint density at radius 3 is 2.47 bits per heavy atom. The largest absolute Gasteiger partial charge is 0.480 e. The van der Waals surface area contributed by atoms with E-state index < -0.39 is 54.8 Å². The minimum Gasteiger partial charge on any atom is -0.480 e. The van der Waals surface area contributed by atoms with Crippen LogP contribution in [-0.2, 0) is 30.3 Å². The minimum atomic E-state index is -1.16. The Balaban J connectivity index is 1.11. The van der Waals surface area contributed by atoms with Crippen LogP contribution in [0.1, 0.15) is 30.3 Å². The van der Waals surface area contributed by atoms with Crippen LogP contribution in [0.25, 0.3) is 10.8 Å². The van der Waals surface area contributed by atoms with Crippen molar-refractivity contribution in [1.82, 2.24) is 20.2 Å². The highest BCUT2D eigenvalue weighted by Crippen LogP contribution is 2.42. The van der Waals surface area contributed by atoms with E-state index in [9.17, 15) is 19.5 Å². The molecular weight excluding hydrogens is 606 g/mol. The summed E-state index contributed by atoms with van der Waals surface area (Å²) in [6, 6.07) is 21.7. The van der Waals surface area contributed by atoms with Crippen molar-refractivity contribution < 1.29 is 33.7 Å². The van der Waals surface area contributed by atoms with Crippen molar-refractivity contribution in [2.24, 2.45) is 0 Å². The molecule has 3 aromatic carbocycles. The number of aromatic nitrogens is 2. The summed E-state index contributed by atoms with van der Waals surface area (Å²) >= 11 is 0. The fraction of sp³-hybridized carbons (Fsp3) is 0.303. The summed E-state index contributed by atoms with van der Waals surface area (Å²) in [5, 5.41) is 20.3. The molecule has 0 saturated carbocycles. The molecule has 3 saturated heterocycles. The molecule has 4 heterocycles. The number of hydrogen-bond donors (Lipinski definition) is 5. The number of aliphatic carboxylic acids is 1. The van der Waals surface area contributed by atoms with E-state index in [1.54, 1.807) is 0 Å². The lowest BCUT2D eigenvalue weighted by Crippen LogP contribution is -2.49. The standard InChI is InChI=1S/C33H33N7O7/c34-23-27(36-17-37-28(23)39-33(44)35-16-18-7-2-1-3-8-18)38-29-25-24(26(45-29)30(41)40-14-6-11-22(40)31(42)43)46-32(47-25)21-13-12-19-9-4-5-10-20(19)15-21/h1-5,7-10,12-13,15,17,22,24-26,29,32H,6,11,14,16,34H2,(H,42,43)(H3,35,36,37,38,39,44). The van der Waals surface area contributed by atoms with Crippen molar-refractivity contribution in [2.75, 3.05) is 22.9 Å². The van der Waals surface area contributed by atoms with Gasteiger partial charge in [-0.2, -0.15) is 0 Å². The van der Waals surface area contributed by atoms with Crippen molar-refractivity contribution in [1.29, 1.82) is 0 Å². The van der Waals surface area contributed by atoms with E-state index >= 15 is 0 Å². The summed E-state index contributed by atoms with van der Waals surface area (Å²) in [5.74, 6) is -1.36. The topological polar surface area (TPSA) is 190 Å². The predicted octanol–water partition coefficient (Wildman–Crippen LogP) is 3.23. The van der Waals surface area contributed by atoms with E-state index in [1.165, 1.54) is 11.2 Å². The van der Waals surface area contributed by atoms with Gasteiger partial charge in [-0.25, -0.2) is 19.6 Å². The molecule has 0 aliphatic carbocycles. The van der Waals surface area contributed by atoms with Crippen LogP contribution in [0.15, 0.2) is 79.1 Å². The lowest BCUT2D eigenvalue weighted by Gasteiger charge is -2.27. The maximum absolute atomic E-state index is 13.8. The van der Waals surface area contributed by atoms with Crippen LogP contribution < -0.4 is 21.7 Å². The number of carboxylic acids is 1. The summed E-state index contributed by atoms with van der Waals surface area (Å²) in [5.41, 5.74) is 8.08. The molecule has 0 radical (unpaired) electrons. The molecule has 0 spiro atoms. The first-order valence-corrected chi connectivity index (χ1v) is 15.3. The lowest BCUT2D eigenvalue weighted by molar-refractivity contribution is -0.164. The first kappa shape index (κ1) is 30.3. The number of anilines is 3. The number of amides is 3. The van der Waals surface area contributed by atoms with Gasteiger partial charge in [-0.1, -0.05) is 66.7 Å². The molecule has 14 nitrogen and oxygen atoms in total. The van der Waals surface area contributed by atoms with E-state index in [0.29, 0.717) is 25.9 Å². The van der Waals surface area contributed by atoms with Gasteiger partial charge in [0.1, 0.15) is 30.3 Å². The number of benzene rings is 3. The van der Waals surface area contributed by atoms with Crippen molar-refractivity contribution in [3.8, 4) is 0 Å². The summed E-state index contributed by atoms with van der Waals surface area (Å²) < 4.78 is 18.9. The van der Waals surface area contributed by atoms with Gasteiger partial charge in [0.2, 0.25) is 0 Å². The van der Waals surface area contributed by atoms with Gasteiger partial charge >= 0.3 is 12.0 Å². The number of rotatable bonds is 8. The third-order valence-corrected chi connectivity index (χ3v) is 8.58. The van der Waals surface area contributed by atoms with Crippen LogP contribution >= 0.6 is 0 Å². The molecule has 3 amide bonds. The second-order valence-electron chi connectivity index (χ2n) is 11.6. The van der Waals surface area contributed by atoms with E-state index in [1.807, 2.05) is 72.8 Å². The summed E-state index contributed by atoms with van der Waals surface area (Å²) in [6.07, 6.45) is -2.47. The quantitative estimate of drug-likeness (QED) is 0.190. The van der Waals surface area contributed by atoms with Gasteiger partial charge in [-0.05, 0) is 35.2 Å². The molecule has 3 aliphatic heterocycles. The molecule has 3 fully saturated rings. The van der Waals surface area contributed by atoms with E-state index in [0.717, 1.165) is 21.9 Å². The number of fused-ring (bicyclic) bond motifs is 2. The number of hydrogen-bond acceptors (Lipinski definition) is 10. The number of nitrogens with zero attached hydrogens (tertiary/aromatic N) is 3. The highest BCUT2D eigenvalue weighted by molar-refractivity contribution is 5.93. The highest BCUT2D eigenvalue weighted by atomic mass is 16.8. The summed E-state index contributed by atoms with van der Waals surface area (Å²) in [7, 11) is 0. The van der Waals surface area contributed by atoms with Crippen molar-refractivity contribution in [2.45, 2.75) is 56.3 Å². The van der Waals surface area contributed by atoms with Crippen LogP contribution in [0.3, 0.4) is 0 Å². The molecule has 6 N–H and O–H groups in total. The Labute approximate surface area is 269 Å². The van der Waals surface area contributed by atoms with Gasteiger partial charge in [0, 0.05) is 18.7 Å². The summed E-state index contributed by atoms with van der Waals surface area (Å²) in [6.45, 7) is 0.590. The molecule has 4 aromatic rings. The first-order valence-electron chi connectivity index (χ1n) is 15.3. The van der Waals surface area contributed by atoms with Gasteiger partial charge in [0.05, 0.1) is 0 Å². The molecule has 1 aromatic heterocycles. The third-order valence-electron chi connectivity index (χ3n) is 8.58. The van der Waals surface area contributed by atoms with E-state index in [-0.39, 0.29) is 17.3 Å². The molecule has 3 aliphatic rings. The average molecular weight is 640 g/mol. The van der Waals surface area contributed by atoms with E-state index in [4.69, 9.17) is 19.9 Å². The number of ether oxygens (including phenoxy) is 3. The maximum Gasteiger partial charge on any atom is 0.326 e.